The molecule has 1 aromatic rings. The van der Waals surface area contributed by atoms with Gasteiger partial charge in [-0.15, -0.1) is 0 Å². The summed E-state index contributed by atoms with van der Waals surface area (Å²) in [6.45, 7) is 1.26. The number of nitrogens with zero attached hydrogens (tertiary/aromatic N) is 2. The van der Waals surface area contributed by atoms with Gasteiger partial charge in [0, 0.05) is 30.5 Å². The molecule has 2 fully saturated rings. The molecule has 0 radical (unpaired) electrons. The average molecular weight is 245 g/mol. The summed E-state index contributed by atoms with van der Waals surface area (Å²) in [6, 6.07) is 6.18. The third-order valence-electron chi connectivity index (χ3n) is 4.60. The van der Waals surface area contributed by atoms with E-state index >= 15 is 0 Å². The summed E-state index contributed by atoms with van der Waals surface area (Å²) in [5.41, 5.74) is 7.46. The fourth-order valence-electron chi connectivity index (χ4n) is 3.60. The van der Waals surface area contributed by atoms with Crippen LogP contribution in [0.4, 0.5) is 0 Å². The monoisotopic (exact) mass is 245 g/mol. The number of pyridine rings is 1. The first-order valence-electron chi connectivity index (χ1n) is 7.26. The van der Waals surface area contributed by atoms with Crippen molar-refractivity contribution >= 4 is 0 Å². The van der Waals surface area contributed by atoms with Gasteiger partial charge in [0.05, 0.1) is 0 Å². The summed E-state index contributed by atoms with van der Waals surface area (Å²) in [7, 11) is 0. The van der Waals surface area contributed by atoms with Crippen LogP contribution in [0, 0.1) is 0 Å². The van der Waals surface area contributed by atoms with Gasteiger partial charge >= 0.3 is 0 Å². The first-order chi connectivity index (χ1) is 8.84. The Balaban J connectivity index is 1.71. The van der Waals surface area contributed by atoms with Crippen LogP contribution >= 0.6 is 0 Å². The highest BCUT2D eigenvalue weighted by molar-refractivity contribution is 5.17. The molecular formula is C15H23N3. The fraction of sp³-hybridized carbons (Fsp3) is 0.667. The van der Waals surface area contributed by atoms with Gasteiger partial charge < -0.3 is 5.73 Å². The van der Waals surface area contributed by atoms with Crippen molar-refractivity contribution < 1.29 is 0 Å². The van der Waals surface area contributed by atoms with Gasteiger partial charge in [-0.25, -0.2) is 0 Å². The summed E-state index contributed by atoms with van der Waals surface area (Å²) in [5, 5.41) is 0. The van der Waals surface area contributed by atoms with Crippen LogP contribution < -0.4 is 5.73 Å². The van der Waals surface area contributed by atoms with Crippen LogP contribution in [0.25, 0.3) is 0 Å². The second-order valence-electron chi connectivity index (χ2n) is 5.75. The van der Waals surface area contributed by atoms with Crippen molar-refractivity contribution in [1.82, 2.24) is 9.88 Å². The van der Waals surface area contributed by atoms with Gasteiger partial charge in [0.25, 0.3) is 0 Å². The van der Waals surface area contributed by atoms with E-state index in [2.05, 4.69) is 22.0 Å². The lowest BCUT2D eigenvalue weighted by molar-refractivity contribution is 0.136. The molecule has 0 aromatic carbocycles. The summed E-state index contributed by atoms with van der Waals surface area (Å²) >= 11 is 0. The Bertz CT molecular complexity index is 371. The molecule has 1 saturated carbocycles. The highest BCUT2D eigenvalue weighted by Crippen LogP contribution is 2.37. The van der Waals surface area contributed by atoms with Crippen molar-refractivity contribution in [3.63, 3.8) is 0 Å². The zero-order valence-corrected chi connectivity index (χ0v) is 11.0. The number of rotatable bonds is 2. The lowest BCUT2D eigenvalue weighted by atomic mass is 9.90. The van der Waals surface area contributed by atoms with Gasteiger partial charge in [0.1, 0.15) is 0 Å². The lowest BCUT2D eigenvalue weighted by Gasteiger charge is -2.37. The van der Waals surface area contributed by atoms with Crippen LogP contribution in [0.1, 0.15) is 50.1 Å². The molecule has 0 spiro atoms. The highest BCUT2D eigenvalue weighted by atomic mass is 15.2. The maximum absolute atomic E-state index is 6.01. The van der Waals surface area contributed by atoms with Crippen molar-refractivity contribution in [2.45, 2.75) is 56.7 Å². The maximum atomic E-state index is 6.01. The van der Waals surface area contributed by atoms with Gasteiger partial charge in [-0.1, -0.05) is 0 Å². The molecule has 2 N–H and O–H groups in total. The van der Waals surface area contributed by atoms with Crippen molar-refractivity contribution in [3.05, 3.63) is 30.1 Å². The first kappa shape index (κ1) is 12.1. The smallest absolute Gasteiger partial charge is 0.0352 e. The minimum atomic E-state index is 0.447. The van der Waals surface area contributed by atoms with E-state index in [4.69, 9.17) is 5.73 Å². The zero-order chi connectivity index (χ0) is 12.4. The molecule has 18 heavy (non-hydrogen) atoms. The Morgan fingerprint density at radius 3 is 2.50 bits per heavy atom. The molecule has 2 heterocycles. The van der Waals surface area contributed by atoms with Crippen molar-refractivity contribution in [1.29, 1.82) is 0 Å². The summed E-state index contributed by atoms with van der Waals surface area (Å²) < 4.78 is 0. The minimum Gasteiger partial charge on any atom is -0.328 e. The third-order valence-corrected chi connectivity index (χ3v) is 4.60. The van der Waals surface area contributed by atoms with E-state index < -0.39 is 0 Å². The number of likely N-dealkylation sites (tertiary alicyclic amines) is 1. The van der Waals surface area contributed by atoms with Crippen LogP contribution in [0.15, 0.2) is 24.5 Å². The molecule has 2 aliphatic rings. The largest absolute Gasteiger partial charge is 0.328 e. The van der Waals surface area contributed by atoms with Gasteiger partial charge in [0.15, 0.2) is 0 Å². The van der Waals surface area contributed by atoms with Gasteiger partial charge in [-0.3, -0.25) is 9.88 Å². The number of nitrogens with two attached hydrogens (primary N) is 1. The fourth-order valence-corrected chi connectivity index (χ4v) is 3.60. The molecular weight excluding hydrogens is 222 g/mol. The van der Waals surface area contributed by atoms with Gasteiger partial charge in [0.2, 0.25) is 0 Å². The van der Waals surface area contributed by atoms with E-state index in [9.17, 15) is 0 Å². The molecule has 98 valence electrons. The Labute approximate surface area is 109 Å². The molecule has 1 aliphatic heterocycles. The number of hydrogen-bond acceptors (Lipinski definition) is 3. The molecule has 1 saturated heterocycles. The maximum Gasteiger partial charge on any atom is 0.0352 e. The standard InChI is InChI=1S/C15H23N3/c16-13-3-5-14(6-4-13)18-11-1-2-15(18)12-7-9-17-10-8-12/h7-10,13-15H,1-6,11,16H2. The van der Waals surface area contributed by atoms with Crippen molar-refractivity contribution in [2.24, 2.45) is 5.73 Å². The lowest BCUT2D eigenvalue weighted by Crippen LogP contribution is -2.40. The zero-order valence-electron chi connectivity index (χ0n) is 11.0. The molecule has 1 aromatic heterocycles. The second-order valence-corrected chi connectivity index (χ2v) is 5.75. The van der Waals surface area contributed by atoms with Crippen LogP contribution in [-0.2, 0) is 0 Å². The number of hydrogen-bond donors (Lipinski definition) is 1. The van der Waals surface area contributed by atoms with Crippen LogP contribution in [-0.4, -0.2) is 28.5 Å². The molecule has 1 aliphatic carbocycles. The van der Waals surface area contributed by atoms with E-state index in [1.807, 2.05) is 12.4 Å². The van der Waals surface area contributed by atoms with Crippen LogP contribution in [0.5, 0.6) is 0 Å². The van der Waals surface area contributed by atoms with Gasteiger partial charge in [-0.05, 0) is 62.8 Å². The minimum absolute atomic E-state index is 0.447. The van der Waals surface area contributed by atoms with Crippen molar-refractivity contribution in [2.75, 3.05) is 6.54 Å². The topological polar surface area (TPSA) is 42.1 Å². The molecule has 0 bridgehead atoms. The second kappa shape index (κ2) is 5.37. The summed E-state index contributed by atoms with van der Waals surface area (Å²) in [6.07, 6.45) is 11.4. The van der Waals surface area contributed by atoms with Crippen LogP contribution in [0.2, 0.25) is 0 Å². The highest BCUT2D eigenvalue weighted by Gasteiger charge is 2.33. The van der Waals surface area contributed by atoms with Crippen molar-refractivity contribution in [3.8, 4) is 0 Å². The van der Waals surface area contributed by atoms with E-state index in [0.717, 1.165) is 6.04 Å². The molecule has 3 heteroatoms. The van der Waals surface area contributed by atoms with E-state index in [1.165, 1.54) is 50.6 Å². The summed E-state index contributed by atoms with van der Waals surface area (Å²) in [5.74, 6) is 0. The third kappa shape index (κ3) is 2.43. The molecule has 0 amide bonds. The average Bonchev–Trinajstić information content (AvgIpc) is 2.90. The summed E-state index contributed by atoms with van der Waals surface area (Å²) in [4.78, 5) is 6.85. The van der Waals surface area contributed by atoms with Gasteiger partial charge in [-0.2, -0.15) is 0 Å². The Hall–Kier alpha value is -0.930. The predicted octanol–water partition coefficient (Wildman–Crippen LogP) is 2.49. The number of aromatic nitrogens is 1. The van der Waals surface area contributed by atoms with E-state index in [1.54, 1.807) is 0 Å². The molecule has 3 nitrogen and oxygen atoms in total. The molecule has 1 unspecified atom stereocenters. The Morgan fingerprint density at radius 1 is 1.06 bits per heavy atom. The van der Waals surface area contributed by atoms with E-state index in [0.29, 0.717) is 12.1 Å². The first-order valence-corrected chi connectivity index (χ1v) is 7.26. The van der Waals surface area contributed by atoms with Crippen LogP contribution in [0.3, 0.4) is 0 Å². The Kier molecular flexibility index (Phi) is 3.62. The molecule has 3 rings (SSSR count). The molecule has 1 atom stereocenters. The normalized spacial score (nSPS) is 33.7. The predicted molar refractivity (Wildman–Crippen MR) is 73.1 cm³/mol. The van der Waals surface area contributed by atoms with E-state index in [-0.39, 0.29) is 0 Å². The quantitative estimate of drug-likeness (QED) is 0.870. The Morgan fingerprint density at radius 2 is 1.78 bits per heavy atom. The SMILES string of the molecule is NC1CCC(N2CCCC2c2ccncc2)CC1.